The molecule has 4 fully saturated rings. The molecule has 1 N–H and O–H groups in total. The topological polar surface area (TPSA) is 49.4 Å². The highest BCUT2D eigenvalue weighted by Gasteiger charge is 2.59. The van der Waals surface area contributed by atoms with Crippen LogP contribution in [0.5, 0.6) is 0 Å². The summed E-state index contributed by atoms with van der Waals surface area (Å²) in [5, 5.41) is 3.06. The normalized spacial score (nSPS) is 48.9. The van der Waals surface area contributed by atoms with Gasteiger partial charge < -0.3 is 10.2 Å². The Morgan fingerprint density at radius 1 is 1.39 bits per heavy atom. The second-order valence-corrected chi connectivity index (χ2v) is 7.21. The van der Waals surface area contributed by atoms with Crippen molar-refractivity contribution in [2.45, 2.75) is 44.6 Å². The second kappa shape index (κ2) is 3.09. The Kier molecular flexibility index (Phi) is 1.86. The minimum atomic E-state index is -0.00996. The van der Waals surface area contributed by atoms with Gasteiger partial charge in [-0.3, -0.25) is 9.59 Å². The molecule has 1 unspecified atom stereocenters. The molecule has 0 aromatic carbocycles. The quantitative estimate of drug-likeness (QED) is 0.750. The first kappa shape index (κ1) is 10.8. The van der Waals surface area contributed by atoms with Crippen molar-refractivity contribution in [3.8, 4) is 0 Å². The summed E-state index contributed by atoms with van der Waals surface area (Å²) in [5.41, 5.74) is 0.433. The number of piperidine rings is 1. The molecule has 18 heavy (non-hydrogen) atoms. The number of fused-ring (bicyclic) bond motifs is 1. The van der Waals surface area contributed by atoms with Crippen LogP contribution in [0.1, 0.15) is 39.0 Å². The average molecular weight is 248 g/mol. The summed E-state index contributed by atoms with van der Waals surface area (Å²) in [4.78, 5) is 25.7. The van der Waals surface area contributed by atoms with Crippen LogP contribution < -0.4 is 5.32 Å². The zero-order valence-corrected chi connectivity index (χ0v) is 10.9. The first-order chi connectivity index (χ1) is 8.50. The Morgan fingerprint density at radius 2 is 2.17 bits per heavy atom. The lowest BCUT2D eigenvalue weighted by Gasteiger charge is -2.45. The maximum absolute atomic E-state index is 12.4. The van der Waals surface area contributed by atoms with Gasteiger partial charge in [0.05, 0.1) is 0 Å². The first-order valence-corrected chi connectivity index (χ1v) is 7.10. The highest BCUT2D eigenvalue weighted by Crippen LogP contribution is 2.58. The third-order valence-corrected chi connectivity index (χ3v) is 5.70. The molecule has 1 spiro atoms. The van der Waals surface area contributed by atoms with Crippen molar-refractivity contribution in [3.63, 3.8) is 0 Å². The number of carbonyl (C=O) groups is 2. The molecule has 98 valence electrons. The van der Waals surface area contributed by atoms with Crippen molar-refractivity contribution < 1.29 is 9.59 Å². The standard InChI is InChI=1S/C14H20N2O2/c1-13-6-10(13)7-16(8-13)12(18)9-4-14(5-9)3-2-11(17)15-14/h9-10H,2-8H2,1H3,(H,15,17)/t9?,10-,13?,14?/m1/s1. The highest BCUT2D eigenvalue weighted by atomic mass is 16.2. The van der Waals surface area contributed by atoms with Gasteiger partial charge in [0.15, 0.2) is 0 Å². The van der Waals surface area contributed by atoms with E-state index in [9.17, 15) is 9.59 Å². The largest absolute Gasteiger partial charge is 0.351 e. The molecule has 2 atom stereocenters. The zero-order valence-electron chi connectivity index (χ0n) is 10.9. The van der Waals surface area contributed by atoms with Gasteiger partial charge in [0, 0.05) is 31.0 Å². The van der Waals surface area contributed by atoms with E-state index in [1.807, 2.05) is 0 Å². The summed E-state index contributed by atoms with van der Waals surface area (Å²) in [6, 6.07) is 0. The predicted molar refractivity (Wildman–Crippen MR) is 65.6 cm³/mol. The fourth-order valence-corrected chi connectivity index (χ4v) is 4.31. The van der Waals surface area contributed by atoms with Crippen LogP contribution in [0.25, 0.3) is 0 Å². The summed E-state index contributed by atoms with van der Waals surface area (Å²) in [7, 11) is 0. The molecular weight excluding hydrogens is 228 g/mol. The molecular formula is C14H20N2O2. The Balaban J connectivity index is 1.36. The Bertz CT molecular complexity index is 441. The van der Waals surface area contributed by atoms with E-state index in [0.717, 1.165) is 38.3 Å². The van der Waals surface area contributed by atoms with Gasteiger partial charge in [-0.1, -0.05) is 6.92 Å². The summed E-state index contributed by atoms with van der Waals surface area (Å²) >= 11 is 0. The van der Waals surface area contributed by atoms with Gasteiger partial charge in [0.1, 0.15) is 0 Å². The minimum absolute atomic E-state index is 0.00996. The van der Waals surface area contributed by atoms with Crippen molar-refractivity contribution in [2.24, 2.45) is 17.3 Å². The molecule has 4 nitrogen and oxygen atoms in total. The van der Waals surface area contributed by atoms with Crippen LogP contribution in [0.2, 0.25) is 0 Å². The summed E-state index contributed by atoms with van der Waals surface area (Å²) in [6.45, 7) is 4.24. The third-order valence-electron chi connectivity index (χ3n) is 5.70. The van der Waals surface area contributed by atoms with Crippen LogP contribution in [0.3, 0.4) is 0 Å². The average Bonchev–Trinajstić information content (AvgIpc) is 2.65. The Hall–Kier alpha value is -1.06. The van der Waals surface area contributed by atoms with Gasteiger partial charge in [0.2, 0.25) is 11.8 Å². The fourth-order valence-electron chi connectivity index (χ4n) is 4.31. The number of nitrogens with one attached hydrogen (secondary N) is 1. The number of nitrogens with zero attached hydrogens (tertiary/aromatic N) is 1. The molecule has 2 heterocycles. The molecule has 4 aliphatic rings. The van der Waals surface area contributed by atoms with Crippen molar-refractivity contribution in [2.75, 3.05) is 13.1 Å². The highest BCUT2D eigenvalue weighted by molar-refractivity contribution is 5.84. The molecule has 2 saturated heterocycles. The fraction of sp³-hybridized carbons (Fsp3) is 0.857. The summed E-state index contributed by atoms with van der Waals surface area (Å²) in [6.07, 6.45) is 4.62. The number of hydrogen-bond donors (Lipinski definition) is 1. The number of rotatable bonds is 1. The maximum atomic E-state index is 12.4. The van der Waals surface area contributed by atoms with E-state index in [1.54, 1.807) is 0 Å². The minimum Gasteiger partial charge on any atom is -0.351 e. The van der Waals surface area contributed by atoms with Crippen LogP contribution in [-0.2, 0) is 9.59 Å². The van der Waals surface area contributed by atoms with Crippen LogP contribution in [0.4, 0.5) is 0 Å². The van der Waals surface area contributed by atoms with E-state index >= 15 is 0 Å². The third kappa shape index (κ3) is 1.38. The smallest absolute Gasteiger partial charge is 0.225 e. The molecule has 4 rings (SSSR count). The number of amides is 2. The lowest BCUT2D eigenvalue weighted by atomic mass is 9.67. The molecule has 0 radical (unpaired) electrons. The van der Waals surface area contributed by atoms with Crippen molar-refractivity contribution in [1.82, 2.24) is 10.2 Å². The molecule has 0 aromatic rings. The van der Waals surface area contributed by atoms with E-state index in [2.05, 4.69) is 17.1 Å². The number of hydrogen-bond acceptors (Lipinski definition) is 2. The van der Waals surface area contributed by atoms with Gasteiger partial charge in [-0.05, 0) is 37.0 Å². The van der Waals surface area contributed by atoms with Crippen molar-refractivity contribution in [3.05, 3.63) is 0 Å². The van der Waals surface area contributed by atoms with Gasteiger partial charge >= 0.3 is 0 Å². The number of likely N-dealkylation sites (tertiary alicyclic amines) is 1. The Labute approximate surface area is 107 Å². The van der Waals surface area contributed by atoms with Crippen molar-refractivity contribution in [1.29, 1.82) is 0 Å². The molecule has 4 heteroatoms. The maximum Gasteiger partial charge on any atom is 0.225 e. The molecule has 0 bridgehead atoms. The van der Waals surface area contributed by atoms with Gasteiger partial charge in [-0.25, -0.2) is 0 Å². The SMILES string of the molecule is CC12C[C@@H]1CN(C(=O)C1CC3(CCC(=O)N3)C1)C2. The molecule has 2 amide bonds. The predicted octanol–water partition coefficient (Wildman–Crippen LogP) is 0.914. The zero-order chi connectivity index (χ0) is 12.5. The number of carbonyl (C=O) groups excluding carboxylic acids is 2. The van der Waals surface area contributed by atoms with Gasteiger partial charge in [0.25, 0.3) is 0 Å². The molecule has 2 aliphatic carbocycles. The molecule has 2 saturated carbocycles. The lowest BCUT2D eigenvalue weighted by molar-refractivity contribution is -0.141. The van der Waals surface area contributed by atoms with Crippen LogP contribution in [0.15, 0.2) is 0 Å². The van der Waals surface area contributed by atoms with E-state index in [1.165, 1.54) is 6.42 Å². The van der Waals surface area contributed by atoms with Crippen LogP contribution in [0, 0.1) is 17.3 Å². The second-order valence-electron chi connectivity index (χ2n) is 7.21. The van der Waals surface area contributed by atoms with E-state index < -0.39 is 0 Å². The van der Waals surface area contributed by atoms with Crippen LogP contribution in [-0.4, -0.2) is 35.3 Å². The van der Waals surface area contributed by atoms with Crippen molar-refractivity contribution >= 4 is 11.8 Å². The monoisotopic (exact) mass is 248 g/mol. The van der Waals surface area contributed by atoms with Gasteiger partial charge in [-0.15, -0.1) is 0 Å². The molecule has 0 aromatic heterocycles. The summed E-state index contributed by atoms with van der Waals surface area (Å²) in [5.74, 6) is 1.44. The van der Waals surface area contributed by atoms with E-state index in [0.29, 0.717) is 17.7 Å². The summed E-state index contributed by atoms with van der Waals surface area (Å²) < 4.78 is 0. The van der Waals surface area contributed by atoms with E-state index in [-0.39, 0.29) is 17.4 Å². The Morgan fingerprint density at radius 3 is 2.72 bits per heavy atom. The van der Waals surface area contributed by atoms with E-state index in [4.69, 9.17) is 0 Å². The van der Waals surface area contributed by atoms with Crippen LogP contribution >= 0.6 is 0 Å². The molecule has 2 aliphatic heterocycles. The lowest BCUT2D eigenvalue weighted by Crippen LogP contribution is -2.56. The first-order valence-electron chi connectivity index (χ1n) is 7.10. The van der Waals surface area contributed by atoms with Gasteiger partial charge in [-0.2, -0.15) is 0 Å².